The maximum atomic E-state index is 13.1. The van der Waals surface area contributed by atoms with Crippen LogP contribution in [-0.2, 0) is 16.0 Å². The van der Waals surface area contributed by atoms with Gasteiger partial charge in [-0.2, -0.15) is 0 Å². The number of hydrogen-bond acceptors (Lipinski definition) is 6. The quantitative estimate of drug-likeness (QED) is 0.499. The topological polar surface area (TPSA) is 66.9 Å². The summed E-state index contributed by atoms with van der Waals surface area (Å²) >= 11 is 0. The Balaban J connectivity index is 1.28. The number of rotatable bonds is 11. The zero-order chi connectivity index (χ0) is 24.3. The molecule has 2 aliphatic heterocycles. The van der Waals surface area contributed by atoms with E-state index in [1.807, 2.05) is 19.1 Å². The maximum Gasteiger partial charge on any atom is 0.224 e. The molecule has 1 aromatic heterocycles. The molecule has 7 heteroatoms. The first-order chi connectivity index (χ1) is 17.2. The van der Waals surface area contributed by atoms with Crippen molar-refractivity contribution in [3.8, 4) is 5.75 Å². The predicted octanol–water partition coefficient (Wildman–Crippen LogP) is 2.79. The van der Waals surface area contributed by atoms with E-state index in [1.165, 1.54) is 5.56 Å². The van der Waals surface area contributed by atoms with Gasteiger partial charge in [0.1, 0.15) is 5.75 Å². The maximum absolute atomic E-state index is 13.1. The second-order valence-electron chi connectivity index (χ2n) is 9.84. The van der Waals surface area contributed by atoms with Crippen LogP contribution < -0.4 is 10.1 Å². The molecule has 4 rings (SSSR count). The molecule has 2 saturated heterocycles. The van der Waals surface area contributed by atoms with Crippen molar-refractivity contribution in [2.45, 2.75) is 26.2 Å². The smallest absolute Gasteiger partial charge is 0.224 e. The molecule has 0 radical (unpaired) electrons. The molecule has 1 amide bonds. The Morgan fingerprint density at radius 2 is 1.91 bits per heavy atom. The van der Waals surface area contributed by atoms with Gasteiger partial charge in [0.05, 0.1) is 31.9 Å². The summed E-state index contributed by atoms with van der Waals surface area (Å²) in [7, 11) is 0. The first-order valence-electron chi connectivity index (χ1n) is 13.1. The monoisotopic (exact) mass is 480 g/mol. The molecular weight excluding hydrogens is 440 g/mol. The highest BCUT2D eigenvalue weighted by atomic mass is 16.5. The lowest BCUT2D eigenvalue weighted by Gasteiger charge is -2.37. The van der Waals surface area contributed by atoms with Crippen molar-refractivity contribution >= 4 is 5.91 Å². The molecule has 2 aliphatic rings. The third-order valence-corrected chi connectivity index (χ3v) is 6.97. The third-order valence-electron chi connectivity index (χ3n) is 6.97. The molecular formula is C28H40N4O3. The molecule has 190 valence electrons. The lowest BCUT2D eigenvalue weighted by atomic mass is 9.88. The molecule has 2 fully saturated rings. The van der Waals surface area contributed by atoms with Crippen molar-refractivity contribution in [2.75, 3.05) is 65.6 Å². The molecule has 0 saturated carbocycles. The zero-order valence-corrected chi connectivity index (χ0v) is 21.0. The van der Waals surface area contributed by atoms with Crippen LogP contribution in [0.25, 0.3) is 0 Å². The van der Waals surface area contributed by atoms with E-state index in [9.17, 15) is 4.79 Å². The summed E-state index contributed by atoms with van der Waals surface area (Å²) in [5, 5.41) is 3.21. The predicted molar refractivity (Wildman–Crippen MR) is 138 cm³/mol. The summed E-state index contributed by atoms with van der Waals surface area (Å²) in [6, 6.07) is 14.5. The standard InChI is InChI=1S/C28H40N4O3/c1-23-8-9-27(19-30-23)35-22-25-18-26(21-32(20-25)13-10-24-6-3-2-4-7-24)28(33)29-11-5-12-31-14-16-34-17-15-31/h2-4,6-9,19,25-26H,5,10-18,20-22H2,1H3,(H,29,33)/t25-,26+/m0/s1. The Labute approximate surface area is 209 Å². The van der Waals surface area contributed by atoms with Gasteiger partial charge in [0, 0.05) is 50.9 Å². The lowest BCUT2D eigenvalue weighted by Crippen LogP contribution is -2.48. The van der Waals surface area contributed by atoms with Crippen LogP contribution in [0.5, 0.6) is 5.75 Å². The van der Waals surface area contributed by atoms with E-state index in [0.29, 0.717) is 12.5 Å². The fourth-order valence-corrected chi connectivity index (χ4v) is 4.97. The number of hydrogen-bond donors (Lipinski definition) is 1. The van der Waals surface area contributed by atoms with E-state index in [-0.39, 0.29) is 11.8 Å². The largest absolute Gasteiger partial charge is 0.492 e. The summed E-state index contributed by atoms with van der Waals surface area (Å²) in [5.41, 5.74) is 2.31. The lowest BCUT2D eigenvalue weighted by molar-refractivity contribution is -0.127. The van der Waals surface area contributed by atoms with Gasteiger partial charge in [-0.05, 0) is 50.4 Å². The second-order valence-corrected chi connectivity index (χ2v) is 9.84. The average Bonchev–Trinajstić information content (AvgIpc) is 2.90. The van der Waals surface area contributed by atoms with Crippen LogP contribution in [-0.4, -0.2) is 86.3 Å². The van der Waals surface area contributed by atoms with E-state index < -0.39 is 0 Å². The summed E-state index contributed by atoms with van der Waals surface area (Å²) in [6.07, 6.45) is 4.60. The van der Waals surface area contributed by atoms with Gasteiger partial charge in [-0.15, -0.1) is 0 Å². The number of carbonyl (C=O) groups is 1. The van der Waals surface area contributed by atoms with Crippen LogP contribution >= 0.6 is 0 Å². The Kier molecular flexibility index (Phi) is 9.93. The van der Waals surface area contributed by atoms with Crippen molar-refractivity contribution in [1.29, 1.82) is 0 Å². The molecule has 7 nitrogen and oxygen atoms in total. The van der Waals surface area contributed by atoms with Crippen molar-refractivity contribution < 1.29 is 14.3 Å². The highest BCUT2D eigenvalue weighted by Crippen LogP contribution is 2.24. The van der Waals surface area contributed by atoms with Gasteiger partial charge in [0.15, 0.2) is 0 Å². The van der Waals surface area contributed by atoms with Crippen molar-refractivity contribution in [3.63, 3.8) is 0 Å². The Hall–Kier alpha value is -2.48. The summed E-state index contributed by atoms with van der Waals surface area (Å²) in [6.45, 7) is 10.6. The van der Waals surface area contributed by atoms with Crippen LogP contribution in [0.15, 0.2) is 48.7 Å². The van der Waals surface area contributed by atoms with Gasteiger partial charge in [0.25, 0.3) is 0 Å². The van der Waals surface area contributed by atoms with Crippen molar-refractivity contribution in [2.24, 2.45) is 11.8 Å². The molecule has 35 heavy (non-hydrogen) atoms. The molecule has 0 bridgehead atoms. The highest BCUT2D eigenvalue weighted by Gasteiger charge is 2.31. The minimum atomic E-state index is -0.00680. The Bertz CT molecular complexity index is 887. The normalized spacial score (nSPS) is 21.5. The fourth-order valence-electron chi connectivity index (χ4n) is 4.97. The minimum Gasteiger partial charge on any atom is -0.492 e. The van der Waals surface area contributed by atoms with Crippen molar-refractivity contribution in [3.05, 3.63) is 59.9 Å². The number of aryl methyl sites for hydroxylation is 1. The number of amides is 1. The minimum absolute atomic E-state index is 0.00680. The second kappa shape index (κ2) is 13.6. The van der Waals surface area contributed by atoms with Crippen LogP contribution in [0.3, 0.4) is 0 Å². The average molecular weight is 481 g/mol. The number of ether oxygens (including phenoxy) is 2. The molecule has 0 spiro atoms. The number of nitrogens with zero attached hydrogens (tertiary/aromatic N) is 3. The number of aromatic nitrogens is 1. The van der Waals surface area contributed by atoms with Gasteiger partial charge in [-0.1, -0.05) is 30.3 Å². The summed E-state index contributed by atoms with van der Waals surface area (Å²) < 4.78 is 11.5. The number of nitrogens with one attached hydrogen (secondary N) is 1. The molecule has 0 aliphatic carbocycles. The van der Waals surface area contributed by atoms with Crippen LogP contribution in [0.1, 0.15) is 24.1 Å². The van der Waals surface area contributed by atoms with E-state index in [2.05, 4.69) is 50.4 Å². The molecule has 2 atom stereocenters. The molecule has 1 N–H and O–H groups in total. The van der Waals surface area contributed by atoms with E-state index >= 15 is 0 Å². The summed E-state index contributed by atoms with van der Waals surface area (Å²) in [4.78, 5) is 22.3. The fraction of sp³-hybridized carbons (Fsp3) is 0.571. The van der Waals surface area contributed by atoms with E-state index in [1.54, 1.807) is 6.20 Å². The molecule has 0 unspecified atom stereocenters. The number of likely N-dealkylation sites (tertiary alicyclic amines) is 1. The number of carbonyl (C=O) groups excluding carboxylic acids is 1. The third kappa shape index (κ3) is 8.60. The number of morpholine rings is 1. The summed E-state index contributed by atoms with van der Waals surface area (Å²) in [5.74, 6) is 1.28. The first kappa shape index (κ1) is 25.6. The van der Waals surface area contributed by atoms with Crippen LogP contribution in [0.2, 0.25) is 0 Å². The van der Waals surface area contributed by atoms with Gasteiger partial charge >= 0.3 is 0 Å². The highest BCUT2D eigenvalue weighted by molar-refractivity contribution is 5.79. The van der Waals surface area contributed by atoms with Gasteiger partial charge in [-0.25, -0.2) is 0 Å². The number of piperidine rings is 1. The Morgan fingerprint density at radius 1 is 1.09 bits per heavy atom. The Morgan fingerprint density at radius 3 is 2.69 bits per heavy atom. The molecule has 1 aromatic carbocycles. The van der Waals surface area contributed by atoms with Crippen LogP contribution in [0, 0.1) is 18.8 Å². The van der Waals surface area contributed by atoms with Crippen molar-refractivity contribution in [1.82, 2.24) is 20.1 Å². The molecule has 2 aromatic rings. The van der Waals surface area contributed by atoms with Gasteiger partial charge in [-0.3, -0.25) is 14.7 Å². The van der Waals surface area contributed by atoms with E-state index in [0.717, 1.165) is 89.7 Å². The zero-order valence-electron chi connectivity index (χ0n) is 21.0. The van der Waals surface area contributed by atoms with Crippen LogP contribution in [0.4, 0.5) is 0 Å². The molecule has 3 heterocycles. The first-order valence-corrected chi connectivity index (χ1v) is 13.1. The number of pyridine rings is 1. The SMILES string of the molecule is Cc1ccc(OC[C@H]2C[C@@H](C(=O)NCCCN3CCOCC3)CN(CCc3ccccc3)C2)cn1. The number of benzene rings is 1. The van der Waals surface area contributed by atoms with Gasteiger partial charge < -0.3 is 19.7 Å². The van der Waals surface area contributed by atoms with Gasteiger partial charge in [0.2, 0.25) is 5.91 Å². The van der Waals surface area contributed by atoms with E-state index in [4.69, 9.17) is 9.47 Å².